The monoisotopic (exact) mass is 433 g/mol. The zero-order chi connectivity index (χ0) is 15.6. The van der Waals surface area contributed by atoms with Gasteiger partial charge in [0.1, 0.15) is 5.82 Å². The molecule has 0 fully saturated rings. The minimum Gasteiger partial charge on any atom is -0.306 e. The zero-order valence-corrected chi connectivity index (χ0v) is 15.6. The second-order valence-corrected chi connectivity index (χ2v) is 6.87. The molecule has 0 saturated heterocycles. The molecule has 21 heavy (non-hydrogen) atoms. The van der Waals surface area contributed by atoms with E-state index in [-0.39, 0.29) is 16.9 Å². The first-order chi connectivity index (χ1) is 9.95. The molecule has 0 amide bonds. The minimum atomic E-state index is -0.381. The summed E-state index contributed by atoms with van der Waals surface area (Å²) in [6.07, 6.45) is 0. The van der Waals surface area contributed by atoms with Crippen molar-refractivity contribution >= 4 is 43.5 Å². The van der Waals surface area contributed by atoms with E-state index in [1.54, 1.807) is 18.2 Å². The van der Waals surface area contributed by atoms with Crippen molar-refractivity contribution in [3.05, 3.63) is 66.8 Å². The molecule has 0 aliphatic heterocycles. The smallest absolute Gasteiger partial charge is 0.146 e. The molecule has 112 valence electrons. The van der Waals surface area contributed by atoms with Gasteiger partial charge >= 0.3 is 0 Å². The van der Waals surface area contributed by atoms with E-state index in [9.17, 15) is 4.39 Å². The molecule has 1 nitrogen and oxygen atoms in total. The summed E-state index contributed by atoms with van der Waals surface area (Å²) in [5.74, 6) is -0.381. The van der Waals surface area contributed by atoms with Crippen molar-refractivity contribution < 1.29 is 4.39 Å². The fraction of sp³-hybridized carbons (Fsp3) is 0.250. The van der Waals surface area contributed by atoms with Gasteiger partial charge in [0.05, 0.1) is 11.1 Å². The molecule has 2 aromatic rings. The van der Waals surface area contributed by atoms with Gasteiger partial charge in [-0.15, -0.1) is 0 Å². The predicted octanol–water partition coefficient (Wildman–Crippen LogP) is 6.01. The van der Waals surface area contributed by atoms with Gasteiger partial charge in [-0.3, -0.25) is 0 Å². The number of nitrogens with one attached hydrogen (secondary N) is 1. The van der Waals surface area contributed by atoms with Crippen molar-refractivity contribution in [3.63, 3.8) is 0 Å². The number of rotatable bonds is 4. The molecular weight excluding hydrogens is 420 g/mol. The second kappa shape index (κ2) is 7.23. The molecule has 0 heterocycles. The van der Waals surface area contributed by atoms with Crippen LogP contribution in [0.5, 0.6) is 0 Å². The predicted molar refractivity (Wildman–Crippen MR) is 93.5 cm³/mol. The van der Waals surface area contributed by atoms with Gasteiger partial charge < -0.3 is 5.32 Å². The fourth-order valence-electron chi connectivity index (χ4n) is 2.22. The van der Waals surface area contributed by atoms with Crippen LogP contribution in [0.1, 0.15) is 29.7 Å². The summed E-state index contributed by atoms with van der Waals surface area (Å²) in [5.41, 5.74) is 2.63. The van der Waals surface area contributed by atoms with Crippen LogP contribution >= 0.6 is 43.5 Å². The molecule has 2 aromatic carbocycles. The lowest BCUT2D eigenvalue weighted by Gasteiger charge is -2.22. The SMILES string of the molecule is CCNC(c1cc(Br)c(C)cc1Br)c1cccc(Cl)c1F. The van der Waals surface area contributed by atoms with Gasteiger partial charge in [-0.1, -0.05) is 62.5 Å². The van der Waals surface area contributed by atoms with Gasteiger partial charge in [0.25, 0.3) is 0 Å². The van der Waals surface area contributed by atoms with Crippen LogP contribution in [0.15, 0.2) is 39.3 Å². The fourth-order valence-corrected chi connectivity index (χ4v) is 3.45. The van der Waals surface area contributed by atoms with Crippen molar-refractivity contribution in [2.45, 2.75) is 19.9 Å². The van der Waals surface area contributed by atoms with Crippen LogP contribution in [0.3, 0.4) is 0 Å². The molecule has 5 heteroatoms. The average Bonchev–Trinajstić information content (AvgIpc) is 2.44. The molecule has 0 aliphatic rings. The summed E-state index contributed by atoms with van der Waals surface area (Å²) in [5, 5.41) is 3.46. The quantitative estimate of drug-likeness (QED) is 0.620. The largest absolute Gasteiger partial charge is 0.306 e. The normalized spacial score (nSPS) is 12.5. The Bertz CT molecular complexity index is 661. The van der Waals surface area contributed by atoms with Gasteiger partial charge in [-0.25, -0.2) is 4.39 Å². The minimum absolute atomic E-state index is 0.137. The Morgan fingerprint density at radius 2 is 1.90 bits per heavy atom. The number of benzene rings is 2. The molecular formula is C16H15Br2ClFN. The van der Waals surface area contributed by atoms with Gasteiger partial charge in [0.15, 0.2) is 0 Å². The highest BCUT2D eigenvalue weighted by molar-refractivity contribution is 9.11. The summed E-state index contributed by atoms with van der Waals surface area (Å²) >= 11 is 13.0. The number of hydrogen-bond acceptors (Lipinski definition) is 1. The van der Waals surface area contributed by atoms with Gasteiger partial charge in [0.2, 0.25) is 0 Å². The van der Waals surface area contributed by atoms with Crippen molar-refractivity contribution in [1.29, 1.82) is 0 Å². The van der Waals surface area contributed by atoms with E-state index < -0.39 is 0 Å². The second-order valence-electron chi connectivity index (χ2n) is 4.76. The maximum Gasteiger partial charge on any atom is 0.146 e. The lowest BCUT2D eigenvalue weighted by molar-refractivity contribution is 0.558. The molecule has 1 N–H and O–H groups in total. The standard InChI is InChI=1S/C16H15Br2ClFN/c1-3-21-16(10-5-4-6-14(19)15(10)20)11-8-12(17)9(2)7-13(11)18/h4-8,16,21H,3H2,1-2H3. The van der Waals surface area contributed by atoms with Crippen molar-refractivity contribution in [2.75, 3.05) is 6.54 Å². The first-order valence-corrected chi connectivity index (χ1v) is 8.55. The van der Waals surface area contributed by atoms with Crippen molar-refractivity contribution in [1.82, 2.24) is 5.32 Å². The van der Waals surface area contributed by atoms with E-state index in [1.807, 2.05) is 26.0 Å². The van der Waals surface area contributed by atoms with E-state index >= 15 is 0 Å². The van der Waals surface area contributed by atoms with Crippen LogP contribution in [0, 0.1) is 12.7 Å². The number of hydrogen-bond donors (Lipinski definition) is 1. The van der Waals surface area contributed by atoms with E-state index in [4.69, 9.17) is 11.6 Å². The Morgan fingerprint density at radius 1 is 1.19 bits per heavy atom. The van der Waals surface area contributed by atoms with Crippen LogP contribution in [-0.2, 0) is 0 Å². The molecule has 0 aromatic heterocycles. The third-order valence-electron chi connectivity index (χ3n) is 3.29. The Labute approximate surface area is 146 Å². The Hall–Kier alpha value is -0.420. The Balaban J connectivity index is 2.59. The summed E-state index contributed by atoms with van der Waals surface area (Å²) in [6.45, 7) is 4.72. The van der Waals surface area contributed by atoms with Crippen LogP contribution in [0.25, 0.3) is 0 Å². The average molecular weight is 436 g/mol. The van der Waals surface area contributed by atoms with E-state index in [0.717, 1.165) is 20.1 Å². The summed E-state index contributed by atoms with van der Waals surface area (Å²) < 4.78 is 16.3. The molecule has 0 aliphatic carbocycles. The summed E-state index contributed by atoms with van der Waals surface area (Å²) in [6, 6.07) is 8.85. The van der Waals surface area contributed by atoms with E-state index in [1.165, 1.54) is 0 Å². The van der Waals surface area contributed by atoms with Crippen LogP contribution in [-0.4, -0.2) is 6.54 Å². The molecule has 1 unspecified atom stereocenters. The molecule has 2 rings (SSSR count). The van der Waals surface area contributed by atoms with E-state index in [0.29, 0.717) is 12.1 Å². The van der Waals surface area contributed by atoms with Gasteiger partial charge in [0, 0.05) is 14.5 Å². The Kier molecular flexibility index (Phi) is 5.83. The summed E-state index contributed by atoms with van der Waals surface area (Å²) in [4.78, 5) is 0. The molecule has 0 saturated carbocycles. The first kappa shape index (κ1) is 16.9. The molecule has 0 radical (unpaired) electrons. The van der Waals surface area contributed by atoms with Crippen LogP contribution in [0.2, 0.25) is 5.02 Å². The lowest BCUT2D eigenvalue weighted by atomic mass is 9.97. The molecule has 0 bridgehead atoms. The highest BCUT2D eigenvalue weighted by Crippen LogP contribution is 2.35. The maximum absolute atomic E-state index is 14.4. The first-order valence-electron chi connectivity index (χ1n) is 6.58. The lowest BCUT2D eigenvalue weighted by Crippen LogP contribution is -2.23. The molecule has 1 atom stereocenters. The highest BCUT2D eigenvalue weighted by Gasteiger charge is 2.21. The summed E-state index contributed by atoms with van der Waals surface area (Å²) in [7, 11) is 0. The van der Waals surface area contributed by atoms with Crippen molar-refractivity contribution in [3.8, 4) is 0 Å². The highest BCUT2D eigenvalue weighted by atomic mass is 79.9. The number of aryl methyl sites for hydroxylation is 1. The van der Waals surface area contributed by atoms with Crippen LogP contribution < -0.4 is 5.32 Å². The third kappa shape index (κ3) is 3.67. The maximum atomic E-state index is 14.4. The topological polar surface area (TPSA) is 12.0 Å². The number of halogens is 4. The van der Waals surface area contributed by atoms with Crippen molar-refractivity contribution in [2.24, 2.45) is 0 Å². The van der Waals surface area contributed by atoms with Crippen LogP contribution in [0.4, 0.5) is 4.39 Å². The third-order valence-corrected chi connectivity index (χ3v) is 5.12. The molecule has 0 spiro atoms. The Morgan fingerprint density at radius 3 is 2.57 bits per heavy atom. The van der Waals surface area contributed by atoms with Gasteiger partial charge in [-0.05, 0) is 42.8 Å². The zero-order valence-electron chi connectivity index (χ0n) is 11.7. The van der Waals surface area contributed by atoms with E-state index in [2.05, 4.69) is 37.2 Å². The van der Waals surface area contributed by atoms with Gasteiger partial charge in [-0.2, -0.15) is 0 Å².